The monoisotopic (exact) mass is 192 g/mol. The lowest BCUT2D eigenvalue weighted by molar-refractivity contribution is 0.491. The third kappa shape index (κ3) is 1.03. The van der Waals surface area contributed by atoms with Gasteiger partial charge in [0.25, 0.3) is 0 Å². The molecule has 0 radical (unpaired) electrons. The molecule has 0 saturated carbocycles. The van der Waals surface area contributed by atoms with Gasteiger partial charge in [-0.25, -0.2) is 0 Å². The molecule has 1 heterocycles. The second-order valence-electron chi connectivity index (χ2n) is 1.49. The van der Waals surface area contributed by atoms with Crippen molar-refractivity contribution in [3.63, 3.8) is 0 Å². The fourth-order valence-electron chi connectivity index (χ4n) is 0.445. The van der Waals surface area contributed by atoms with Crippen molar-refractivity contribution in [2.75, 3.05) is 0 Å². The lowest BCUT2D eigenvalue weighted by Gasteiger charge is -1.76. The Labute approximate surface area is 60.1 Å². The Balaban J connectivity index is 3.14. The average Bonchev–Trinajstić information content (AvgIpc) is 1.85. The maximum absolute atomic E-state index is 8.82. The minimum atomic E-state index is 0.370. The van der Waals surface area contributed by atoms with Gasteiger partial charge in [0.15, 0.2) is 5.06 Å². The molecule has 1 aromatic heterocycles. The van der Waals surface area contributed by atoms with Crippen LogP contribution >= 0.6 is 27.3 Å². The molecule has 0 aliphatic heterocycles. The van der Waals surface area contributed by atoms with E-state index in [1.54, 1.807) is 6.07 Å². The second-order valence-corrected chi connectivity index (χ2v) is 3.58. The molecular weight excluding hydrogens is 188 g/mol. The van der Waals surface area contributed by atoms with Crippen molar-refractivity contribution in [1.29, 1.82) is 0 Å². The number of halogens is 1. The summed E-state index contributed by atoms with van der Waals surface area (Å²) in [6.07, 6.45) is 0. The van der Waals surface area contributed by atoms with Gasteiger partial charge in [-0.15, -0.1) is 11.3 Å². The van der Waals surface area contributed by atoms with E-state index in [1.807, 2.05) is 6.92 Å². The van der Waals surface area contributed by atoms with Crippen LogP contribution in [0.15, 0.2) is 10.5 Å². The molecule has 0 aliphatic rings. The first-order chi connectivity index (χ1) is 3.70. The van der Waals surface area contributed by atoms with E-state index in [4.69, 9.17) is 5.11 Å². The minimum absolute atomic E-state index is 0.370. The van der Waals surface area contributed by atoms with Crippen LogP contribution in [-0.2, 0) is 0 Å². The van der Waals surface area contributed by atoms with E-state index in [0.29, 0.717) is 5.06 Å². The second kappa shape index (κ2) is 2.07. The molecule has 0 saturated heterocycles. The first-order valence-corrected chi connectivity index (χ1v) is 3.76. The number of rotatable bonds is 0. The normalized spacial score (nSPS) is 9.75. The summed E-state index contributed by atoms with van der Waals surface area (Å²) in [7, 11) is 0. The smallest absolute Gasteiger partial charge is 0.172 e. The first-order valence-electron chi connectivity index (χ1n) is 2.15. The Morgan fingerprint density at radius 1 is 1.75 bits per heavy atom. The average molecular weight is 193 g/mol. The standard InChI is InChI=1S/C5H5BrOS/c1-3-4(6)2-5(7)8-3/h2,7H,1H3. The minimum Gasteiger partial charge on any atom is -0.499 e. The lowest BCUT2D eigenvalue weighted by atomic mass is 10.5. The van der Waals surface area contributed by atoms with Crippen LogP contribution in [0.25, 0.3) is 0 Å². The summed E-state index contributed by atoms with van der Waals surface area (Å²) in [5.41, 5.74) is 0. The highest BCUT2D eigenvalue weighted by molar-refractivity contribution is 9.10. The van der Waals surface area contributed by atoms with Gasteiger partial charge in [0.2, 0.25) is 0 Å². The molecule has 1 aromatic rings. The Morgan fingerprint density at radius 3 is 2.50 bits per heavy atom. The molecule has 0 amide bonds. The highest BCUT2D eigenvalue weighted by Gasteiger charge is 1.97. The number of aromatic hydroxyl groups is 1. The molecule has 0 aromatic carbocycles. The van der Waals surface area contributed by atoms with Crippen LogP contribution in [-0.4, -0.2) is 5.11 Å². The van der Waals surface area contributed by atoms with Crippen molar-refractivity contribution < 1.29 is 5.11 Å². The van der Waals surface area contributed by atoms with E-state index < -0.39 is 0 Å². The van der Waals surface area contributed by atoms with Gasteiger partial charge in [0, 0.05) is 15.4 Å². The van der Waals surface area contributed by atoms with Crippen LogP contribution in [0, 0.1) is 6.92 Å². The van der Waals surface area contributed by atoms with E-state index in [2.05, 4.69) is 15.9 Å². The molecule has 0 atom stereocenters. The quantitative estimate of drug-likeness (QED) is 0.671. The molecule has 8 heavy (non-hydrogen) atoms. The van der Waals surface area contributed by atoms with E-state index in [9.17, 15) is 0 Å². The van der Waals surface area contributed by atoms with Crippen LogP contribution in [0.1, 0.15) is 4.88 Å². The molecule has 1 nitrogen and oxygen atoms in total. The van der Waals surface area contributed by atoms with Crippen molar-refractivity contribution >= 4 is 27.3 Å². The van der Waals surface area contributed by atoms with Crippen molar-refractivity contribution in [1.82, 2.24) is 0 Å². The predicted molar refractivity (Wildman–Crippen MR) is 38.4 cm³/mol. The van der Waals surface area contributed by atoms with Gasteiger partial charge in [-0.1, -0.05) is 0 Å². The summed E-state index contributed by atoms with van der Waals surface area (Å²) < 4.78 is 0.986. The number of thiophene rings is 1. The van der Waals surface area contributed by atoms with Crippen molar-refractivity contribution in [2.24, 2.45) is 0 Å². The highest BCUT2D eigenvalue weighted by atomic mass is 79.9. The molecule has 0 bridgehead atoms. The lowest BCUT2D eigenvalue weighted by Crippen LogP contribution is -1.53. The van der Waals surface area contributed by atoms with Gasteiger partial charge in [-0.3, -0.25) is 0 Å². The van der Waals surface area contributed by atoms with Crippen LogP contribution in [0.3, 0.4) is 0 Å². The van der Waals surface area contributed by atoms with Crippen LogP contribution in [0.5, 0.6) is 5.06 Å². The zero-order valence-electron chi connectivity index (χ0n) is 4.31. The van der Waals surface area contributed by atoms with Gasteiger partial charge in [-0.2, -0.15) is 0 Å². The molecule has 1 N–H and O–H groups in total. The fraction of sp³-hybridized carbons (Fsp3) is 0.200. The summed E-state index contributed by atoms with van der Waals surface area (Å²) in [5.74, 6) is 0. The van der Waals surface area contributed by atoms with E-state index in [-0.39, 0.29) is 0 Å². The zero-order chi connectivity index (χ0) is 6.15. The Hall–Kier alpha value is -0.0200. The van der Waals surface area contributed by atoms with E-state index in [0.717, 1.165) is 9.35 Å². The molecule has 0 unspecified atom stereocenters. The number of hydrogen-bond acceptors (Lipinski definition) is 2. The van der Waals surface area contributed by atoms with Crippen molar-refractivity contribution in [3.05, 3.63) is 15.4 Å². The SMILES string of the molecule is Cc1sc(O)cc1Br. The van der Waals surface area contributed by atoms with Crippen LogP contribution in [0.2, 0.25) is 0 Å². The molecule has 0 aliphatic carbocycles. The molecule has 3 heteroatoms. The fourth-order valence-corrected chi connectivity index (χ4v) is 1.70. The molecular formula is C5H5BrOS. The van der Waals surface area contributed by atoms with Crippen LogP contribution in [0.4, 0.5) is 0 Å². The van der Waals surface area contributed by atoms with E-state index >= 15 is 0 Å². The first kappa shape index (κ1) is 6.11. The number of hydrogen-bond donors (Lipinski definition) is 1. The summed E-state index contributed by atoms with van der Waals surface area (Å²) in [6, 6.07) is 1.69. The van der Waals surface area contributed by atoms with E-state index in [1.165, 1.54) is 11.3 Å². The Morgan fingerprint density at radius 2 is 2.38 bits per heavy atom. The van der Waals surface area contributed by atoms with Crippen LogP contribution < -0.4 is 0 Å². The maximum Gasteiger partial charge on any atom is 0.172 e. The summed E-state index contributed by atoms with van der Waals surface area (Å²) in [5, 5.41) is 9.19. The molecule has 1 rings (SSSR count). The molecule has 0 fully saturated rings. The summed E-state index contributed by atoms with van der Waals surface area (Å²) in [6.45, 7) is 1.95. The Kier molecular flexibility index (Phi) is 1.58. The van der Waals surface area contributed by atoms with Gasteiger partial charge < -0.3 is 5.11 Å². The number of aryl methyl sites for hydroxylation is 1. The third-order valence-corrected chi connectivity index (χ3v) is 2.78. The molecule has 0 spiro atoms. The predicted octanol–water partition coefficient (Wildman–Crippen LogP) is 2.52. The highest BCUT2D eigenvalue weighted by Crippen LogP contribution is 2.30. The summed E-state index contributed by atoms with van der Waals surface area (Å²) >= 11 is 4.64. The molecule has 44 valence electrons. The van der Waals surface area contributed by atoms with Gasteiger partial charge in [-0.05, 0) is 22.9 Å². The van der Waals surface area contributed by atoms with Crippen molar-refractivity contribution in [3.8, 4) is 5.06 Å². The largest absolute Gasteiger partial charge is 0.499 e. The third-order valence-electron chi connectivity index (χ3n) is 0.844. The topological polar surface area (TPSA) is 20.2 Å². The maximum atomic E-state index is 8.82. The summed E-state index contributed by atoms with van der Waals surface area (Å²) in [4.78, 5) is 1.11. The van der Waals surface area contributed by atoms with Gasteiger partial charge in [0.1, 0.15) is 0 Å². The Bertz CT molecular complexity index is 175. The van der Waals surface area contributed by atoms with Gasteiger partial charge >= 0.3 is 0 Å². The van der Waals surface area contributed by atoms with Crippen molar-refractivity contribution in [2.45, 2.75) is 6.92 Å². The zero-order valence-corrected chi connectivity index (χ0v) is 6.71. The van der Waals surface area contributed by atoms with Gasteiger partial charge in [0.05, 0.1) is 0 Å².